The number of ether oxygens (including phenoxy) is 1. The van der Waals surface area contributed by atoms with Crippen molar-refractivity contribution in [2.45, 2.75) is 63.1 Å². The van der Waals surface area contributed by atoms with Gasteiger partial charge >= 0.3 is 0 Å². The van der Waals surface area contributed by atoms with Gasteiger partial charge in [0.15, 0.2) is 7.14 Å². The Balaban J connectivity index is 1.78. The van der Waals surface area contributed by atoms with Gasteiger partial charge in [-0.2, -0.15) is 0 Å². The van der Waals surface area contributed by atoms with Gasteiger partial charge in [0.2, 0.25) is 0 Å². The van der Waals surface area contributed by atoms with E-state index < -0.39 is 50.2 Å². The number of rotatable bonds is 5. The summed E-state index contributed by atoms with van der Waals surface area (Å²) in [6, 6.07) is 15.4. The SMILES string of the molecule is Cc1ccc(P(=O)(c2ccc(C)cc2)[C@@H]2CCCN2[C@@H]2O[C@H](CO)[C@@H](O)[C@H](O)[C@H]2O)cc1. The number of aryl methyl sites for hydroxylation is 2. The molecule has 0 amide bonds. The first-order chi connectivity index (χ1) is 15.3. The molecule has 7 nitrogen and oxygen atoms in total. The zero-order chi connectivity index (χ0) is 23.0. The van der Waals surface area contributed by atoms with Crippen LogP contribution in [0.4, 0.5) is 0 Å². The van der Waals surface area contributed by atoms with Gasteiger partial charge in [0, 0.05) is 17.2 Å². The lowest BCUT2D eigenvalue weighted by atomic mass is 9.98. The van der Waals surface area contributed by atoms with Crippen molar-refractivity contribution in [1.82, 2.24) is 4.90 Å². The maximum absolute atomic E-state index is 15.0. The summed E-state index contributed by atoms with van der Waals surface area (Å²) in [5, 5.41) is 42.3. The van der Waals surface area contributed by atoms with Crippen molar-refractivity contribution < 1.29 is 29.7 Å². The molecule has 2 fully saturated rings. The highest BCUT2D eigenvalue weighted by atomic mass is 31.2. The summed E-state index contributed by atoms with van der Waals surface area (Å²) >= 11 is 0. The smallest absolute Gasteiger partial charge is 0.159 e. The van der Waals surface area contributed by atoms with Crippen LogP contribution in [-0.4, -0.2) is 74.9 Å². The van der Waals surface area contributed by atoms with Gasteiger partial charge in [-0.15, -0.1) is 0 Å². The molecule has 2 saturated heterocycles. The van der Waals surface area contributed by atoms with Crippen molar-refractivity contribution in [3.63, 3.8) is 0 Å². The van der Waals surface area contributed by atoms with Crippen LogP contribution in [0.3, 0.4) is 0 Å². The fraction of sp³-hybridized carbons (Fsp3) is 0.500. The fourth-order valence-corrected chi connectivity index (χ4v) is 8.22. The van der Waals surface area contributed by atoms with Crippen molar-refractivity contribution in [2.75, 3.05) is 13.2 Å². The number of nitrogens with zero attached hydrogens (tertiary/aromatic N) is 1. The van der Waals surface area contributed by atoms with Gasteiger partial charge in [0.1, 0.15) is 30.6 Å². The third kappa shape index (κ3) is 4.08. The molecule has 0 saturated carbocycles. The second-order valence-electron chi connectivity index (χ2n) is 8.91. The van der Waals surface area contributed by atoms with Crippen LogP contribution in [0.5, 0.6) is 0 Å². The summed E-state index contributed by atoms with van der Waals surface area (Å²) < 4.78 is 20.8. The number of hydrogen-bond donors (Lipinski definition) is 4. The van der Waals surface area contributed by atoms with Crippen molar-refractivity contribution in [2.24, 2.45) is 0 Å². The minimum atomic E-state index is -3.20. The van der Waals surface area contributed by atoms with Gasteiger partial charge in [0.25, 0.3) is 0 Å². The molecular weight excluding hydrogens is 429 g/mol. The Morgan fingerprint density at radius 3 is 1.94 bits per heavy atom. The maximum atomic E-state index is 15.0. The Kier molecular flexibility index (Phi) is 6.89. The van der Waals surface area contributed by atoms with Crippen molar-refractivity contribution in [3.05, 3.63) is 59.7 Å². The Labute approximate surface area is 188 Å². The van der Waals surface area contributed by atoms with Gasteiger partial charge < -0.3 is 29.7 Å². The third-order valence-electron chi connectivity index (χ3n) is 6.71. The number of likely N-dealkylation sites (tertiary alicyclic amines) is 1. The number of hydrogen-bond acceptors (Lipinski definition) is 7. The first-order valence-electron chi connectivity index (χ1n) is 11.1. The zero-order valence-corrected chi connectivity index (χ0v) is 19.3. The fourth-order valence-electron chi connectivity index (χ4n) is 4.84. The van der Waals surface area contributed by atoms with Crippen LogP contribution in [0, 0.1) is 13.8 Å². The summed E-state index contributed by atoms with van der Waals surface area (Å²) in [5.74, 6) is -0.450. The van der Waals surface area contributed by atoms with Gasteiger partial charge in [-0.3, -0.25) is 4.90 Å². The molecule has 0 aromatic heterocycles. The van der Waals surface area contributed by atoms with E-state index in [1.54, 1.807) is 0 Å². The normalized spacial score (nSPS) is 31.7. The first-order valence-corrected chi connectivity index (χ1v) is 12.9. The number of aliphatic hydroxyl groups is 4. The van der Waals surface area contributed by atoms with Crippen LogP contribution in [0.25, 0.3) is 0 Å². The van der Waals surface area contributed by atoms with Crippen LogP contribution in [0.15, 0.2) is 48.5 Å². The highest BCUT2D eigenvalue weighted by molar-refractivity contribution is 7.79. The molecular formula is C24H32NO6P. The summed E-state index contributed by atoms with van der Waals surface area (Å²) in [6.07, 6.45) is -4.88. The van der Waals surface area contributed by atoms with E-state index in [9.17, 15) is 25.0 Å². The molecule has 0 bridgehead atoms. The molecule has 4 rings (SSSR count). The standard InChI is InChI=1S/C24H32NO6P/c1-15-5-9-17(10-6-15)32(30,18-11-7-16(2)8-12-18)20-4-3-13-25(20)24-23(29)22(28)21(27)19(14-26)31-24/h5-12,19-24,26-29H,3-4,13-14H2,1-2H3/t19-,20-,21-,22+,23-,24-/m1/s1. The minimum Gasteiger partial charge on any atom is -0.394 e. The summed E-state index contributed by atoms with van der Waals surface area (Å²) in [5.41, 5.74) is 2.14. The van der Waals surface area contributed by atoms with Gasteiger partial charge in [0.05, 0.1) is 12.4 Å². The Hall–Kier alpha value is -1.57. The number of aliphatic hydroxyl groups excluding tert-OH is 4. The van der Waals surface area contributed by atoms with Crippen molar-refractivity contribution >= 4 is 17.8 Å². The maximum Gasteiger partial charge on any atom is 0.159 e. The second kappa shape index (κ2) is 9.35. The molecule has 0 unspecified atom stereocenters. The van der Waals surface area contributed by atoms with Crippen LogP contribution in [0.1, 0.15) is 24.0 Å². The molecule has 4 N–H and O–H groups in total. The Bertz CT molecular complexity index is 914. The van der Waals surface area contributed by atoms with Crippen LogP contribution in [-0.2, 0) is 9.30 Å². The van der Waals surface area contributed by atoms with Gasteiger partial charge in [-0.05, 0) is 26.7 Å². The molecule has 0 radical (unpaired) electrons. The first kappa shape index (κ1) is 23.6. The predicted molar refractivity (Wildman–Crippen MR) is 123 cm³/mol. The second-order valence-corrected chi connectivity index (χ2v) is 11.9. The average molecular weight is 461 g/mol. The van der Waals surface area contributed by atoms with E-state index in [0.29, 0.717) is 13.0 Å². The average Bonchev–Trinajstić information content (AvgIpc) is 3.28. The van der Waals surface area contributed by atoms with E-state index in [1.807, 2.05) is 67.3 Å². The van der Waals surface area contributed by atoms with Crippen LogP contribution in [0.2, 0.25) is 0 Å². The molecule has 6 atom stereocenters. The lowest BCUT2D eigenvalue weighted by Gasteiger charge is -2.46. The number of benzene rings is 2. The molecule has 174 valence electrons. The Morgan fingerprint density at radius 1 is 0.906 bits per heavy atom. The van der Waals surface area contributed by atoms with E-state index in [0.717, 1.165) is 28.2 Å². The molecule has 0 aliphatic carbocycles. The molecule has 2 heterocycles. The molecule has 32 heavy (non-hydrogen) atoms. The highest BCUT2D eigenvalue weighted by Gasteiger charge is 2.52. The highest BCUT2D eigenvalue weighted by Crippen LogP contribution is 2.54. The van der Waals surface area contributed by atoms with E-state index in [1.165, 1.54) is 0 Å². The lowest BCUT2D eigenvalue weighted by Crippen LogP contribution is -2.64. The lowest BCUT2D eigenvalue weighted by molar-refractivity contribution is -0.264. The van der Waals surface area contributed by atoms with Crippen molar-refractivity contribution in [1.29, 1.82) is 0 Å². The van der Waals surface area contributed by atoms with Crippen molar-refractivity contribution in [3.8, 4) is 0 Å². The van der Waals surface area contributed by atoms with Crippen LogP contribution < -0.4 is 10.6 Å². The molecule has 2 aromatic carbocycles. The predicted octanol–water partition coefficient (Wildman–Crippen LogP) is 0.839. The monoisotopic (exact) mass is 461 g/mol. The summed E-state index contributed by atoms with van der Waals surface area (Å²) in [7, 11) is -3.20. The molecule has 0 spiro atoms. The van der Waals surface area contributed by atoms with E-state index in [2.05, 4.69) is 0 Å². The quantitative estimate of drug-likeness (QED) is 0.489. The van der Waals surface area contributed by atoms with Crippen LogP contribution >= 0.6 is 7.14 Å². The summed E-state index contributed by atoms with van der Waals surface area (Å²) in [6.45, 7) is 4.00. The molecule has 8 heteroatoms. The van der Waals surface area contributed by atoms with Gasteiger partial charge in [-0.25, -0.2) is 0 Å². The minimum absolute atomic E-state index is 0.450. The van der Waals surface area contributed by atoms with E-state index >= 15 is 0 Å². The van der Waals surface area contributed by atoms with E-state index in [-0.39, 0.29) is 0 Å². The van der Waals surface area contributed by atoms with E-state index in [4.69, 9.17) is 4.74 Å². The van der Waals surface area contributed by atoms with Gasteiger partial charge in [-0.1, -0.05) is 59.7 Å². The third-order valence-corrected chi connectivity index (χ3v) is 10.2. The largest absolute Gasteiger partial charge is 0.394 e. The zero-order valence-electron chi connectivity index (χ0n) is 18.4. The Morgan fingerprint density at radius 2 is 1.44 bits per heavy atom. The molecule has 2 aromatic rings. The molecule has 2 aliphatic heterocycles. The summed E-state index contributed by atoms with van der Waals surface area (Å²) in [4.78, 5) is 1.85. The topological polar surface area (TPSA) is 110 Å². The molecule has 2 aliphatic rings.